The number of halogens is 1. The van der Waals surface area contributed by atoms with Crippen LogP contribution in [-0.4, -0.2) is 48.9 Å². The summed E-state index contributed by atoms with van der Waals surface area (Å²) in [6, 6.07) is 7.92. The molecular formula is C23H36IN5O2. The van der Waals surface area contributed by atoms with Crippen LogP contribution in [0.3, 0.4) is 0 Å². The predicted molar refractivity (Wildman–Crippen MR) is 136 cm³/mol. The van der Waals surface area contributed by atoms with Crippen molar-refractivity contribution in [3.63, 3.8) is 0 Å². The maximum absolute atomic E-state index is 12.4. The number of nitrogens with zero attached hydrogens (tertiary/aromatic N) is 2. The number of anilines is 1. The van der Waals surface area contributed by atoms with Crippen molar-refractivity contribution in [2.45, 2.75) is 58.4 Å². The number of likely N-dealkylation sites (tertiary alicyclic amines) is 1. The number of hydrogen-bond donors (Lipinski definition) is 3. The Morgan fingerprint density at radius 3 is 2.71 bits per heavy atom. The average Bonchev–Trinajstić information content (AvgIpc) is 3.42. The standard InChI is InChI=1S/C23H35N5O2.HI/c1-2-24-23(25-13-7-15-28-14-6-12-21(28)29)26-17-18-8-5-11-20(16-18)27-22(30)19-9-3-4-10-19;/h5,8,11,16,19H,2-4,6-7,9-10,12-15,17H2,1H3,(H,27,30)(H2,24,25,26);1H. The van der Waals surface area contributed by atoms with Crippen LogP contribution in [0, 0.1) is 5.92 Å². The van der Waals surface area contributed by atoms with Crippen LogP contribution >= 0.6 is 24.0 Å². The number of aliphatic imine (C=N–C) groups is 1. The van der Waals surface area contributed by atoms with E-state index in [-0.39, 0.29) is 41.7 Å². The normalized spacial score (nSPS) is 16.9. The molecule has 1 saturated heterocycles. The van der Waals surface area contributed by atoms with E-state index >= 15 is 0 Å². The van der Waals surface area contributed by atoms with Crippen LogP contribution in [0.2, 0.25) is 0 Å². The zero-order chi connectivity index (χ0) is 21.2. The molecule has 1 aliphatic heterocycles. The summed E-state index contributed by atoms with van der Waals surface area (Å²) in [5, 5.41) is 9.67. The molecule has 1 heterocycles. The highest BCUT2D eigenvalue weighted by atomic mass is 127. The van der Waals surface area contributed by atoms with Crippen molar-refractivity contribution in [1.29, 1.82) is 0 Å². The maximum Gasteiger partial charge on any atom is 0.227 e. The van der Waals surface area contributed by atoms with E-state index in [1.165, 1.54) is 0 Å². The summed E-state index contributed by atoms with van der Waals surface area (Å²) in [5.74, 6) is 1.34. The van der Waals surface area contributed by atoms with E-state index in [4.69, 9.17) is 0 Å². The van der Waals surface area contributed by atoms with E-state index in [9.17, 15) is 9.59 Å². The predicted octanol–water partition coefficient (Wildman–Crippen LogP) is 3.50. The second-order valence-electron chi connectivity index (χ2n) is 8.13. The summed E-state index contributed by atoms with van der Waals surface area (Å²) in [7, 11) is 0. The molecule has 1 saturated carbocycles. The van der Waals surface area contributed by atoms with Gasteiger partial charge in [0.1, 0.15) is 0 Å². The first-order valence-corrected chi connectivity index (χ1v) is 11.4. The van der Waals surface area contributed by atoms with Crippen molar-refractivity contribution >= 4 is 47.4 Å². The van der Waals surface area contributed by atoms with Gasteiger partial charge in [0.05, 0.1) is 6.54 Å². The van der Waals surface area contributed by atoms with E-state index in [0.717, 1.165) is 81.9 Å². The molecule has 1 aromatic rings. The molecule has 172 valence electrons. The fourth-order valence-electron chi connectivity index (χ4n) is 4.11. The minimum atomic E-state index is 0. The van der Waals surface area contributed by atoms with Gasteiger partial charge in [-0.25, -0.2) is 4.99 Å². The zero-order valence-corrected chi connectivity index (χ0v) is 20.8. The minimum Gasteiger partial charge on any atom is -0.357 e. The molecule has 31 heavy (non-hydrogen) atoms. The van der Waals surface area contributed by atoms with Gasteiger partial charge >= 0.3 is 0 Å². The third kappa shape index (κ3) is 8.31. The Labute approximate surface area is 202 Å². The van der Waals surface area contributed by atoms with Gasteiger partial charge in [0, 0.05) is 44.2 Å². The Balaban J connectivity index is 0.00000341. The van der Waals surface area contributed by atoms with Crippen molar-refractivity contribution in [3.05, 3.63) is 29.8 Å². The lowest BCUT2D eigenvalue weighted by molar-refractivity contribution is -0.127. The first-order chi connectivity index (χ1) is 14.7. The van der Waals surface area contributed by atoms with Crippen LogP contribution in [0.15, 0.2) is 29.3 Å². The Morgan fingerprint density at radius 2 is 2.00 bits per heavy atom. The molecule has 3 rings (SSSR count). The summed E-state index contributed by atoms with van der Waals surface area (Å²) in [5.41, 5.74) is 1.90. The SMILES string of the molecule is CCNC(=NCc1cccc(NC(=O)C2CCCC2)c1)NCCCN1CCCC1=O.I. The van der Waals surface area contributed by atoms with Gasteiger partial charge in [0.25, 0.3) is 0 Å². The lowest BCUT2D eigenvalue weighted by Crippen LogP contribution is -2.39. The fourth-order valence-corrected chi connectivity index (χ4v) is 4.11. The largest absolute Gasteiger partial charge is 0.357 e. The Bertz CT molecular complexity index is 749. The van der Waals surface area contributed by atoms with Crippen molar-refractivity contribution in [2.24, 2.45) is 10.9 Å². The highest BCUT2D eigenvalue weighted by Crippen LogP contribution is 2.26. The molecule has 0 aromatic heterocycles. The van der Waals surface area contributed by atoms with Crippen molar-refractivity contribution < 1.29 is 9.59 Å². The quantitative estimate of drug-likeness (QED) is 0.193. The number of amides is 2. The highest BCUT2D eigenvalue weighted by molar-refractivity contribution is 14.0. The number of guanidine groups is 1. The smallest absolute Gasteiger partial charge is 0.227 e. The molecule has 8 heteroatoms. The molecule has 0 atom stereocenters. The van der Waals surface area contributed by atoms with Crippen LogP contribution in [0.25, 0.3) is 0 Å². The first kappa shape index (κ1) is 25.4. The summed E-state index contributed by atoms with van der Waals surface area (Å²) in [6.45, 7) is 5.82. The average molecular weight is 541 g/mol. The number of rotatable bonds is 9. The van der Waals surface area contributed by atoms with E-state index in [1.807, 2.05) is 36.1 Å². The molecule has 3 N–H and O–H groups in total. The maximum atomic E-state index is 12.4. The molecule has 2 fully saturated rings. The number of hydrogen-bond acceptors (Lipinski definition) is 3. The van der Waals surface area contributed by atoms with Crippen LogP contribution in [-0.2, 0) is 16.1 Å². The highest BCUT2D eigenvalue weighted by Gasteiger charge is 2.22. The summed E-state index contributed by atoms with van der Waals surface area (Å²) in [6.07, 6.45) is 6.88. The molecule has 0 bridgehead atoms. The second kappa shape index (κ2) is 13.5. The zero-order valence-electron chi connectivity index (χ0n) is 18.5. The lowest BCUT2D eigenvalue weighted by Gasteiger charge is -2.16. The minimum absolute atomic E-state index is 0. The molecule has 7 nitrogen and oxygen atoms in total. The molecule has 0 unspecified atom stereocenters. The summed E-state index contributed by atoms with van der Waals surface area (Å²) in [4.78, 5) is 30.6. The Kier molecular flexibility index (Phi) is 11.1. The van der Waals surface area contributed by atoms with Gasteiger partial charge in [-0.05, 0) is 50.3 Å². The van der Waals surface area contributed by atoms with Crippen LogP contribution in [0.5, 0.6) is 0 Å². The topological polar surface area (TPSA) is 85.8 Å². The number of carbonyl (C=O) groups excluding carboxylic acids is 2. The lowest BCUT2D eigenvalue weighted by atomic mass is 10.1. The monoisotopic (exact) mass is 541 g/mol. The third-order valence-electron chi connectivity index (χ3n) is 5.75. The molecule has 1 aromatic carbocycles. The van der Waals surface area contributed by atoms with E-state index < -0.39 is 0 Å². The van der Waals surface area contributed by atoms with Gasteiger partial charge in [-0.3, -0.25) is 9.59 Å². The van der Waals surface area contributed by atoms with Crippen molar-refractivity contribution in [1.82, 2.24) is 15.5 Å². The van der Waals surface area contributed by atoms with Crippen LogP contribution in [0.4, 0.5) is 5.69 Å². The van der Waals surface area contributed by atoms with Crippen molar-refractivity contribution in [3.8, 4) is 0 Å². The summed E-state index contributed by atoms with van der Waals surface area (Å²) >= 11 is 0. The van der Waals surface area contributed by atoms with Gasteiger partial charge < -0.3 is 20.9 Å². The Morgan fingerprint density at radius 1 is 1.19 bits per heavy atom. The Hall–Kier alpha value is -1.84. The number of carbonyl (C=O) groups is 2. The fraction of sp³-hybridized carbons (Fsp3) is 0.609. The van der Waals surface area contributed by atoms with Gasteiger partial charge in [-0.15, -0.1) is 24.0 Å². The second-order valence-corrected chi connectivity index (χ2v) is 8.13. The van der Waals surface area contributed by atoms with Crippen LogP contribution < -0.4 is 16.0 Å². The van der Waals surface area contributed by atoms with E-state index in [2.05, 4.69) is 20.9 Å². The van der Waals surface area contributed by atoms with Gasteiger partial charge in [0.2, 0.25) is 11.8 Å². The summed E-state index contributed by atoms with van der Waals surface area (Å²) < 4.78 is 0. The molecule has 0 radical (unpaired) electrons. The van der Waals surface area contributed by atoms with Crippen molar-refractivity contribution in [2.75, 3.05) is 31.5 Å². The van der Waals surface area contributed by atoms with E-state index in [1.54, 1.807) is 0 Å². The molecule has 2 amide bonds. The molecule has 0 spiro atoms. The molecule has 2 aliphatic rings. The van der Waals surface area contributed by atoms with Gasteiger partial charge in [0.15, 0.2) is 5.96 Å². The van der Waals surface area contributed by atoms with Gasteiger partial charge in [-0.2, -0.15) is 0 Å². The first-order valence-electron chi connectivity index (χ1n) is 11.4. The molecule has 1 aliphatic carbocycles. The van der Waals surface area contributed by atoms with Gasteiger partial charge in [-0.1, -0.05) is 25.0 Å². The van der Waals surface area contributed by atoms with Crippen LogP contribution in [0.1, 0.15) is 57.4 Å². The number of nitrogens with one attached hydrogen (secondary N) is 3. The third-order valence-corrected chi connectivity index (χ3v) is 5.75. The van der Waals surface area contributed by atoms with E-state index in [0.29, 0.717) is 13.0 Å². The number of benzene rings is 1. The molecular weight excluding hydrogens is 505 g/mol.